The zero-order valence-corrected chi connectivity index (χ0v) is 13.7. The number of anilines is 1. The molecule has 2 bridgehead atoms. The Morgan fingerprint density at radius 2 is 1.77 bits per heavy atom. The Morgan fingerprint density at radius 3 is 2.59 bits per heavy atom. The number of nitrogens with zero attached hydrogens (tertiary/aromatic N) is 1. The number of carbonyl (C=O) groups excluding carboxylic acids is 1. The van der Waals surface area contributed by atoms with E-state index in [1.807, 2.05) is 17.0 Å². The maximum Gasteiger partial charge on any atom is 0.231 e. The van der Waals surface area contributed by atoms with Crippen LogP contribution in [-0.4, -0.2) is 12.5 Å². The molecule has 1 saturated carbocycles. The fourth-order valence-corrected chi connectivity index (χ4v) is 5.20. The van der Waals surface area contributed by atoms with Gasteiger partial charge in [0.25, 0.3) is 0 Å². The van der Waals surface area contributed by atoms with E-state index in [0.717, 1.165) is 22.1 Å². The quantitative estimate of drug-likeness (QED) is 0.696. The largest absolute Gasteiger partial charge is 0.311 e. The van der Waals surface area contributed by atoms with Gasteiger partial charge >= 0.3 is 0 Å². The second-order valence-electron chi connectivity index (χ2n) is 6.70. The van der Waals surface area contributed by atoms with E-state index in [4.69, 9.17) is 0 Å². The first-order valence-electron chi connectivity index (χ1n) is 7.91. The van der Waals surface area contributed by atoms with Gasteiger partial charge in [0.2, 0.25) is 5.91 Å². The van der Waals surface area contributed by atoms with Gasteiger partial charge < -0.3 is 4.90 Å². The summed E-state index contributed by atoms with van der Waals surface area (Å²) in [5.74, 6) is 2.16. The van der Waals surface area contributed by atoms with E-state index in [2.05, 4.69) is 52.3 Å². The molecule has 2 nitrogen and oxygen atoms in total. The molecule has 3 heteroatoms. The van der Waals surface area contributed by atoms with Crippen molar-refractivity contribution in [3.05, 3.63) is 53.0 Å². The number of allylic oxidation sites excluding steroid dienone is 2. The number of halogens is 1. The van der Waals surface area contributed by atoms with Crippen LogP contribution in [0.2, 0.25) is 0 Å². The van der Waals surface area contributed by atoms with Gasteiger partial charge in [0, 0.05) is 22.3 Å². The zero-order valence-electron chi connectivity index (χ0n) is 12.1. The number of fused-ring (bicyclic) bond motifs is 6. The van der Waals surface area contributed by atoms with E-state index in [9.17, 15) is 4.79 Å². The average molecular weight is 354 g/mol. The van der Waals surface area contributed by atoms with Gasteiger partial charge in [-0.1, -0.05) is 52.3 Å². The topological polar surface area (TPSA) is 20.3 Å². The van der Waals surface area contributed by atoms with Crippen LogP contribution in [0.3, 0.4) is 0 Å². The predicted octanol–water partition coefficient (Wildman–Crippen LogP) is 4.39. The number of rotatable bonds is 1. The molecule has 1 amide bonds. The molecule has 5 rings (SSSR count). The van der Waals surface area contributed by atoms with E-state index in [0.29, 0.717) is 23.7 Å². The molecule has 2 fully saturated rings. The van der Waals surface area contributed by atoms with Gasteiger partial charge in [0.1, 0.15) is 0 Å². The monoisotopic (exact) mass is 353 g/mol. The van der Waals surface area contributed by atoms with Crippen LogP contribution < -0.4 is 4.90 Å². The van der Waals surface area contributed by atoms with Crippen molar-refractivity contribution in [3.63, 3.8) is 0 Å². The average Bonchev–Trinajstić information content (AvgIpc) is 3.22. The van der Waals surface area contributed by atoms with Gasteiger partial charge in [-0.25, -0.2) is 0 Å². The lowest BCUT2D eigenvalue weighted by Crippen LogP contribution is -2.29. The summed E-state index contributed by atoms with van der Waals surface area (Å²) in [5, 5.41) is 2.33. The third-order valence-electron chi connectivity index (χ3n) is 5.71. The first-order valence-corrected chi connectivity index (χ1v) is 8.70. The Morgan fingerprint density at radius 1 is 1.00 bits per heavy atom. The molecule has 4 atom stereocenters. The number of carbonyl (C=O) groups is 1. The highest BCUT2D eigenvalue weighted by Crippen LogP contribution is 2.53. The van der Waals surface area contributed by atoms with Gasteiger partial charge in [0.15, 0.2) is 0 Å². The maximum atomic E-state index is 13.0. The molecule has 3 aliphatic rings. The molecule has 0 N–H and O–H groups in total. The summed E-state index contributed by atoms with van der Waals surface area (Å²) < 4.78 is 1.08. The fraction of sp³-hybridized carbons (Fsp3) is 0.316. The van der Waals surface area contributed by atoms with Crippen molar-refractivity contribution < 1.29 is 4.79 Å². The lowest BCUT2D eigenvalue weighted by molar-refractivity contribution is -0.121. The highest BCUT2D eigenvalue weighted by atomic mass is 79.9. The van der Waals surface area contributed by atoms with Crippen molar-refractivity contribution in [2.45, 2.75) is 6.42 Å². The van der Waals surface area contributed by atoms with Crippen LogP contribution in [0.15, 0.2) is 53.0 Å². The van der Waals surface area contributed by atoms with Crippen molar-refractivity contribution in [1.82, 2.24) is 0 Å². The Labute approximate surface area is 137 Å². The standard InChI is InChI=1S/C19H16BrNO/c20-16-7-8-17(14-4-2-1-3-13(14)16)21-10-15-11-5-6-12(9-11)18(15)19(21)22/h1-8,11-12,15,18H,9-10H2/t11-,12+,15-,18+/m1/s1. The normalized spacial score (nSPS) is 32.2. The molecule has 0 radical (unpaired) electrons. The molecule has 2 aliphatic carbocycles. The van der Waals surface area contributed by atoms with Crippen LogP contribution in [0.4, 0.5) is 5.69 Å². The summed E-state index contributed by atoms with van der Waals surface area (Å²) in [6.45, 7) is 0.876. The van der Waals surface area contributed by atoms with Crippen molar-refractivity contribution in [3.8, 4) is 0 Å². The first-order chi connectivity index (χ1) is 10.7. The minimum absolute atomic E-state index is 0.220. The van der Waals surface area contributed by atoms with Crippen molar-refractivity contribution >= 4 is 38.3 Å². The summed E-state index contributed by atoms with van der Waals surface area (Å²) >= 11 is 3.62. The molecule has 110 valence electrons. The number of amides is 1. The smallest absolute Gasteiger partial charge is 0.231 e. The van der Waals surface area contributed by atoms with Gasteiger partial charge in [-0.05, 0) is 41.7 Å². The SMILES string of the molecule is O=C1[C@@H]2[C@H](CN1c1ccc(Br)c3ccccc13)[C@@H]1C=C[C@H]2C1. The fourth-order valence-electron chi connectivity index (χ4n) is 4.72. The van der Waals surface area contributed by atoms with Crippen LogP contribution in [0.5, 0.6) is 0 Å². The van der Waals surface area contributed by atoms with Crippen LogP contribution in [-0.2, 0) is 4.79 Å². The first kappa shape index (κ1) is 12.9. The molecule has 22 heavy (non-hydrogen) atoms. The van der Waals surface area contributed by atoms with Gasteiger partial charge in [-0.2, -0.15) is 0 Å². The second kappa shape index (κ2) is 4.45. The molecule has 1 aliphatic heterocycles. The molecule has 0 spiro atoms. The minimum Gasteiger partial charge on any atom is -0.311 e. The molecule has 1 heterocycles. The van der Waals surface area contributed by atoms with Gasteiger partial charge in [0.05, 0.1) is 5.69 Å². The third-order valence-corrected chi connectivity index (χ3v) is 6.40. The summed E-state index contributed by atoms with van der Waals surface area (Å²) in [6.07, 6.45) is 5.80. The highest BCUT2D eigenvalue weighted by Gasteiger charge is 2.54. The Balaban J connectivity index is 1.62. The van der Waals surface area contributed by atoms with Crippen LogP contribution in [0.25, 0.3) is 10.8 Å². The maximum absolute atomic E-state index is 13.0. The van der Waals surface area contributed by atoms with E-state index < -0.39 is 0 Å². The summed E-state index contributed by atoms with van der Waals surface area (Å²) in [6, 6.07) is 12.5. The van der Waals surface area contributed by atoms with E-state index in [1.54, 1.807) is 0 Å². The van der Waals surface area contributed by atoms with Crippen molar-refractivity contribution in [1.29, 1.82) is 0 Å². The molecule has 2 aromatic rings. The molecular formula is C19H16BrNO. The van der Waals surface area contributed by atoms with Crippen LogP contribution in [0, 0.1) is 23.7 Å². The van der Waals surface area contributed by atoms with E-state index in [1.165, 1.54) is 11.8 Å². The van der Waals surface area contributed by atoms with Crippen LogP contribution >= 0.6 is 15.9 Å². The van der Waals surface area contributed by atoms with Crippen molar-refractivity contribution in [2.75, 3.05) is 11.4 Å². The molecular weight excluding hydrogens is 338 g/mol. The predicted molar refractivity (Wildman–Crippen MR) is 91.7 cm³/mol. The summed E-state index contributed by atoms with van der Waals surface area (Å²) in [5.41, 5.74) is 1.07. The van der Waals surface area contributed by atoms with Crippen LogP contribution in [0.1, 0.15) is 6.42 Å². The third kappa shape index (κ3) is 1.58. The summed E-state index contributed by atoms with van der Waals surface area (Å²) in [4.78, 5) is 15.0. The lowest BCUT2D eigenvalue weighted by atomic mass is 9.86. The molecule has 0 aromatic heterocycles. The molecule has 2 aromatic carbocycles. The number of hydrogen-bond acceptors (Lipinski definition) is 1. The second-order valence-corrected chi connectivity index (χ2v) is 7.55. The number of hydrogen-bond donors (Lipinski definition) is 0. The Bertz CT molecular complexity index is 827. The highest BCUT2D eigenvalue weighted by molar-refractivity contribution is 9.10. The van der Waals surface area contributed by atoms with E-state index in [-0.39, 0.29) is 5.92 Å². The summed E-state index contributed by atoms with van der Waals surface area (Å²) in [7, 11) is 0. The number of benzene rings is 2. The molecule has 0 unspecified atom stereocenters. The minimum atomic E-state index is 0.220. The Kier molecular flexibility index (Phi) is 2.61. The van der Waals surface area contributed by atoms with E-state index >= 15 is 0 Å². The molecule has 1 saturated heterocycles. The lowest BCUT2D eigenvalue weighted by Gasteiger charge is -2.21. The zero-order chi connectivity index (χ0) is 14.8. The van der Waals surface area contributed by atoms with Gasteiger partial charge in [-0.15, -0.1) is 0 Å². The Hall–Kier alpha value is -1.61. The van der Waals surface area contributed by atoms with Gasteiger partial charge in [-0.3, -0.25) is 4.79 Å². The van der Waals surface area contributed by atoms with Crippen molar-refractivity contribution in [2.24, 2.45) is 23.7 Å².